The molecule has 2 heterocycles. The normalized spacial score (nSPS) is 16.8. The lowest BCUT2D eigenvalue weighted by Crippen LogP contribution is -2.44. The van der Waals surface area contributed by atoms with Crippen LogP contribution in [0.1, 0.15) is 27.0 Å². The van der Waals surface area contributed by atoms with Crippen molar-refractivity contribution in [1.29, 1.82) is 0 Å². The number of aromatic nitrogens is 1. The molecule has 1 aliphatic heterocycles. The zero-order valence-corrected chi connectivity index (χ0v) is 15.2. The number of nitrogens with zero attached hydrogens (tertiary/aromatic N) is 3. The molecular weight excluding hydrogens is 336 g/mol. The molecule has 1 atom stereocenters. The van der Waals surface area contributed by atoms with Crippen LogP contribution in [0.5, 0.6) is 0 Å². The summed E-state index contributed by atoms with van der Waals surface area (Å²) in [4.78, 5) is 30.8. The third-order valence-electron chi connectivity index (χ3n) is 3.96. The SMILES string of the molecule is Cc1ccc(C(=O)NN2C(=O)CSC2c2ccc(N(C)C)cc2)cn1. The highest BCUT2D eigenvalue weighted by Gasteiger charge is 2.34. The first-order valence-corrected chi connectivity index (χ1v) is 8.95. The Kier molecular flexibility index (Phi) is 4.94. The van der Waals surface area contributed by atoms with Crippen LogP contribution in [0.4, 0.5) is 5.69 Å². The Labute approximate surface area is 151 Å². The molecule has 1 aromatic heterocycles. The van der Waals surface area contributed by atoms with Crippen LogP contribution < -0.4 is 10.3 Å². The third-order valence-corrected chi connectivity index (χ3v) is 5.17. The van der Waals surface area contributed by atoms with E-state index in [4.69, 9.17) is 0 Å². The summed E-state index contributed by atoms with van der Waals surface area (Å²) in [5, 5.41) is 1.18. The van der Waals surface area contributed by atoms with Crippen LogP contribution in [-0.2, 0) is 4.79 Å². The second kappa shape index (κ2) is 7.14. The van der Waals surface area contributed by atoms with Crippen molar-refractivity contribution in [3.05, 3.63) is 59.4 Å². The summed E-state index contributed by atoms with van der Waals surface area (Å²) in [7, 11) is 3.95. The van der Waals surface area contributed by atoms with Crippen molar-refractivity contribution >= 4 is 29.3 Å². The van der Waals surface area contributed by atoms with E-state index in [1.807, 2.05) is 50.2 Å². The van der Waals surface area contributed by atoms with E-state index in [2.05, 4.69) is 10.4 Å². The molecule has 6 nitrogen and oxygen atoms in total. The van der Waals surface area contributed by atoms with Gasteiger partial charge in [0.1, 0.15) is 5.37 Å². The number of hydrogen-bond donors (Lipinski definition) is 1. The van der Waals surface area contributed by atoms with Crippen LogP contribution in [0, 0.1) is 6.92 Å². The van der Waals surface area contributed by atoms with Gasteiger partial charge in [-0.3, -0.25) is 20.0 Å². The fourth-order valence-electron chi connectivity index (χ4n) is 2.50. The van der Waals surface area contributed by atoms with Crippen LogP contribution in [0.25, 0.3) is 0 Å². The van der Waals surface area contributed by atoms with E-state index in [-0.39, 0.29) is 17.2 Å². The molecular formula is C18H20N4O2S. The van der Waals surface area contributed by atoms with E-state index in [9.17, 15) is 9.59 Å². The van der Waals surface area contributed by atoms with Crippen LogP contribution in [0.3, 0.4) is 0 Å². The summed E-state index contributed by atoms with van der Waals surface area (Å²) in [5.74, 6) is -0.106. The molecule has 1 aromatic carbocycles. The predicted molar refractivity (Wildman–Crippen MR) is 99.3 cm³/mol. The smallest absolute Gasteiger partial charge is 0.271 e. The molecule has 1 fully saturated rings. The number of anilines is 1. The van der Waals surface area contributed by atoms with Crippen molar-refractivity contribution in [3.63, 3.8) is 0 Å². The summed E-state index contributed by atoms with van der Waals surface area (Å²) < 4.78 is 0. The average molecular weight is 356 g/mol. The fraction of sp³-hybridized carbons (Fsp3) is 0.278. The number of benzene rings is 1. The standard InChI is InChI=1S/C18H20N4O2S/c1-12-4-5-14(10-19-12)17(24)20-22-16(23)11-25-18(22)13-6-8-15(9-7-13)21(2)3/h4-10,18H,11H2,1-3H3,(H,20,24). The minimum atomic E-state index is -0.335. The van der Waals surface area contributed by atoms with Gasteiger partial charge >= 0.3 is 0 Å². The largest absolute Gasteiger partial charge is 0.378 e. The number of hydrazine groups is 1. The zero-order valence-electron chi connectivity index (χ0n) is 14.4. The average Bonchev–Trinajstić information content (AvgIpc) is 2.96. The van der Waals surface area contributed by atoms with E-state index in [1.165, 1.54) is 23.0 Å². The molecule has 0 bridgehead atoms. The van der Waals surface area contributed by atoms with Gasteiger partial charge in [-0.15, -0.1) is 11.8 Å². The van der Waals surface area contributed by atoms with Gasteiger partial charge in [-0.05, 0) is 36.8 Å². The number of hydrogen-bond acceptors (Lipinski definition) is 5. The number of nitrogens with one attached hydrogen (secondary N) is 1. The summed E-state index contributed by atoms with van der Waals surface area (Å²) in [5.41, 5.74) is 6.05. The molecule has 2 aromatic rings. The second-order valence-corrected chi connectivity index (χ2v) is 7.11. The lowest BCUT2D eigenvalue weighted by atomic mass is 10.2. The predicted octanol–water partition coefficient (Wildman–Crippen LogP) is 2.38. The number of rotatable bonds is 4. The van der Waals surface area contributed by atoms with E-state index in [0.717, 1.165) is 16.9 Å². The minimum absolute atomic E-state index is 0.111. The zero-order chi connectivity index (χ0) is 18.0. The van der Waals surface area contributed by atoms with Crippen LogP contribution in [-0.4, -0.2) is 41.7 Å². The highest BCUT2D eigenvalue weighted by atomic mass is 32.2. The van der Waals surface area contributed by atoms with Gasteiger partial charge in [0.25, 0.3) is 11.8 Å². The Morgan fingerprint density at radius 3 is 2.56 bits per heavy atom. The molecule has 2 amide bonds. The molecule has 7 heteroatoms. The topological polar surface area (TPSA) is 65.5 Å². The maximum atomic E-state index is 12.4. The van der Waals surface area contributed by atoms with Crippen molar-refractivity contribution in [2.45, 2.75) is 12.3 Å². The van der Waals surface area contributed by atoms with Crippen LogP contribution in [0.2, 0.25) is 0 Å². The number of carbonyl (C=O) groups is 2. The van der Waals surface area contributed by atoms with E-state index in [1.54, 1.807) is 12.1 Å². The molecule has 0 spiro atoms. The van der Waals surface area contributed by atoms with Crippen molar-refractivity contribution in [1.82, 2.24) is 15.4 Å². The molecule has 0 radical (unpaired) electrons. The number of carbonyl (C=O) groups excluding carboxylic acids is 2. The van der Waals surface area contributed by atoms with Gasteiger partial charge in [-0.1, -0.05) is 12.1 Å². The molecule has 130 valence electrons. The van der Waals surface area contributed by atoms with E-state index >= 15 is 0 Å². The third kappa shape index (κ3) is 3.76. The molecule has 1 N–H and O–H groups in total. The van der Waals surface area contributed by atoms with Crippen LogP contribution in [0.15, 0.2) is 42.6 Å². The Hall–Kier alpha value is -2.54. The summed E-state index contributed by atoms with van der Waals surface area (Å²) in [6.07, 6.45) is 1.51. The van der Waals surface area contributed by atoms with Gasteiger partial charge < -0.3 is 4.90 Å². The van der Waals surface area contributed by atoms with Gasteiger partial charge in [0.2, 0.25) is 0 Å². The van der Waals surface area contributed by atoms with Crippen molar-refractivity contribution in [2.24, 2.45) is 0 Å². The number of thioether (sulfide) groups is 1. The lowest BCUT2D eigenvalue weighted by Gasteiger charge is -2.25. The molecule has 3 rings (SSSR count). The van der Waals surface area contributed by atoms with Gasteiger partial charge in [-0.25, -0.2) is 5.01 Å². The van der Waals surface area contributed by atoms with Gasteiger partial charge in [0.05, 0.1) is 11.3 Å². The number of amides is 2. The monoisotopic (exact) mass is 356 g/mol. The highest BCUT2D eigenvalue weighted by molar-refractivity contribution is 8.00. The van der Waals surface area contributed by atoms with E-state index in [0.29, 0.717) is 11.3 Å². The molecule has 0 aliphatic carbocycles. The molecule has 1 saturated heterocycles. The lowest BCUT2D eigenvalue weighted by molar-refractivity contribution is -0.130. The minimum Gasteiger partial charge on any atom is -0.378 e. The Morgan fingerprint density at radius 1 is 1.24 bits per heavy atom. The first-order chi connectivity index (χ1) is 12.0. The first-order valence-electron chi connectivity index (χ1n) is 7.90. The van der Waals surface area contributed by atoms with Crippen molar-refractivity contribution in [3.8, 4) is 0 Å². The van der Waals surface area contributed by atoms with E-state index < -0.39 is 0 Å². The van der Waals surface area contributed by atoms with Crippen LogP contribution >= 0.6 is 11.8 Å². The Balaban J connectivity index is 1.77. The van der Waals surface area contributed by atoms with Gasteiger partial charge in [-0.2, -0.15) is 0 Å². The maximum absolute atomic E-state index is 12.4. The maximum Gasteiger partial charge on any atom is 0.271 e. The highest BCUT2D eigenvalue weighted by Crippen LogP contribution is 2.37. The van der Waals surface area contributed by atoms with Crippen molar-refractivity contribution in [2.75, 3.05) is 24.7 Å². The van der Waals surface area contributed by atoms with Gasteiger partial charge in [0, 0.05) is 31.7 Å². The summed E-state index contributed by atoms with van der Waals surface area (Å²) >= 11 is 1.50. The second-order valence-electron chi connectivity index (χ2n) is 6.04. The molecule has 1 unspecified atom stereocenters. The quantitative estimate of drug-likeness (QED) is 0.911. The summed E-state index contributed by atoms with van der Waals surface area (Å²) in [6.45, 7) is 1.86. The number of aryl methyl sites for hydroxylation is 1. The number of pyridine rings is 1. The molecule has 0 saturated carbocycles. The summed E-state index contributed by atoms with van der Waals surface area (Å²) in [6, 6.07) is 11.4. The molecule has 25 heavy (non-hydrogen) atoms. The van der Waals surface area contributed by atoms with Gasteiger partial charge in [0.15, 0.2) is 0 Å². The first kappa shape index (κ1) is 17.3. The van der Waals surface area contributed by atoms with Crippen molar-refractivity contribution < 1.29 is 9.59 Å². The molecule has 1 aliphatic rings. The fourth-order valence-corrected chi connectivity index (χ4v) is 3.61. The Bertz CT molecular complexity index is 775. The Morgan fingerprint density at radius 2 is 1.96 bits per heavy atom.